The van der Waals surface area contributed by atoms with Gasteiger partial charge in [0.15, 0.2) is 0 Å². The molecule has 4 heteroatoms. The molecule has 1 saturated carbocycles. The fourth-order valence-corrected chi connectivity index (χ4v) is 2.61. The second-order valence-electron chi connectivity index (χ2n) is 5.60. The van der Waals surface area contributed by atoms with Crippen LogP contribution in [-0.4, -0.2) is 31.3 Å². The van der Waals surface area contributed by atoms with Crippen molar-refractivity contribution in [3.8, 4) is 0 Å². The van der Waals surface area contributed by atoms with Gasteiger partial charge in [-0.1, -0.05) is 17.7 Å². The molecule has 0 spiro atoms. The lowest BCUT2D eigenvalue weighted by Gasteiger charge is -2.23. The molecule has 0 unspecified atom stereocenters. The smallest absolute Gasteiger partial charge is 0.0471 e. The number of nitrogens with zero attached hydrogens (tertiary/aromatic N) is 1. The van der Waals surface area contributed by atoms with Gasteiger partial charge in [0.2, 0.25) is 0 Å². The van der Waals surface area contributed by atoms with Gasteiger partial charge < -0.3 is 15.3 Å². The number of anilines is 1. The third-order valence-electron chi connectivity index (χ3n) is 3.80. The molecular formula is C16H25ClN2O. The molecule has 1 aliphatic carbocycles. The van der Waals surface area contributed by atoms with Gasteiger partial charge in [-0.05, 0) is 44.2 Å². The third-order valence-corrected chi connectivity index (χ3v) is 4.16. The van der Waals surface area contributed by atoms with Crippen molar-refractivity contribution in [3.05, 3.63) is 28.8 Å². The Hall–Kier alpha value is -0.770. The summed E-state index contributed by atoms with van der Waals surface area (Å²) in [4.78, 5) is 2.27. The standard InChI is InChI=1S/C16H25ClN2O/c1-19(10-3-2-4-11-20)16-7-5-6-15(17)14(16)12-18-13-8-9-13/h5-7,13,18,20H,2-4,8-12H2,1H3. The van der Waals surface area contributed by atoms with Crippen LogP contribution in [0, 0.1) is 0 Å². The van der Waals surface area contributed by atoms with Crippen LogP contribution in [0.2, 0.25) is 5.02 Å². The van der Waals surface area contributed by atoms with Crippen molar-refractivity contribution in [3.63, 3.8) is 0 Å². The lowest BCUT2D eigenvalue weighted by Crippen LogP contribution is -2.23. The van der Waals surface area contributed by atoms with Gasteiger partial charge in [0.25, 0.3) is 0 Å². The number of aliphatic hydroxyl groups excluding tert-OH is 1. The number of aliphatic hydroxyl groups is 1. The first-order valence-electron chi connectivity index (χ1n) is 7.55. The summed E-state index contributed by atoms with van der Waals surface area (Å²) in [7, 11) is 2.12. The Kier molecular flexibility index (Phi) is 6.14. The van der Waals surface area contributed by atoms with Crippen molar-refractivity contribution in [2.24, 2.45) is 0 Å². The van der Waals surface area contributed by atoms with Crippen molar-refractivity contribution in [2.45, 2.75) is 44.7 Å². The highest BCUT2D eigenvalue weighted by molar-refractivity contribution is 6.31. The van der Waals surface area contributed by atoms with Gasteiger partial charge in [-0.25, -0.2) is 0 Å². The van der Waals surface area contributed by atoms with Gasteiger partial charge in [-0.15, -0.1) is 0 Å². The molecule has 20 heavy (non-hydrogen) atoms. The molecule has 1 aromatic rings. The first kappa shape index (κ1) is 15.6. The van der Waals surface area contributed by atoms with Gasteiger partial charge in [0.05, 0.1) is 0 Å². The molecule has 1 aromatic carbocycles. The highest BCUT2D eigenvalue weighted by atomic mass is 35.5. The molecule has 0 radical (unpaired) electrons. The van der Waals surface area contributed by atoms with Gasteiger partial charge in [-0.2, -0.15) is 0 Å². The minimum Gasteiger partial charge on any atom is -0.396 e. The van der Waals surface area contributed by atoms with E-state index in [0.29, 0.717) is 6.04 Å². The van der Waals surface area contributed by atoms with Gasteiger partial charge >= 0.3 is 0 Å². The molecule has 0 heterocycles. The summed E-state index contributed by atoms with van der Waals surface area (Å²) < 4.78 is 0. The van der Waals surface area contributed by atoms with Gasteiger partial charge in [0, 0.05) is 49.1 Å². The van der Waals surface area contributed by atoms with Crippen LogP contribution < -0.4 is 10.2 Å². The second-order valence-corrected chi connectivity index (χ2v) is 6.01. The van der Waals surface area contributed by atoms with Crippen molar-refractivity contribution >= 4 is 17.3 Å². The molecule has 0 amide bonds. The first-order chi connectivity index (χ1) is 9.72. The zero-order valence-electron chi connectivity index (χ0n) is 12.2. The maximum Gasteiger partial charge on any atom is 0.0471 e. The quantitative estimate of drug-likeness (QED) is 0.687. The summed E-state index contributed by atoms with van der Waals surface area (Å²) in [5.74, 6) is 0. The molecule has 0 saturated heterocycles. The van der Waals surface area contributed by atoms with Crippen LogP contribution in [0.1, 0.15) is 37.7 Å². The van der Waals surface area contributed by atoms with E-state index in [2.05, 4.69) is 23.3 Å². The number of hydrogen-bond acceptors (Lipinski definition) is 3. The summed E-state index contributed by atoms with van der Waals surface area (Å²) >= 11 is 6.36. The number of benzene rings is 1. The molecule has 0 aliphatic heterocycles. The van der Waals surface area contributed by atoms with Crippen molar-refractivity contribution in [1.82, 2.24) is 5.32 Å². The molecule has 0 aromatic heterocycles. The molecule has 2 N–H and O–H groups in total. The van der Waals surface area contributed by atoms with E-state index in [4.69, 9.17) is 16.7 Å². The molecule has 0 atom stereocenters. The van der Waals surface area contributed by atoms with Crippen LogP contribution in [0.3, 0.4) is 0 Å². The van der Waals surface area contributed by atoms with E-state index in [-0.39, 0.29) is 6.61 Å². The number of halogens is 1. The Morgan fingerprint density at radius 2 is 2.10 bits per heavy atom. The average molecular weight is 297 g/mol. The van der Waals surface area contributed by atoms with Crippen molar-refractivity contribution in [1.29, 1.82) is 0 Å². The van der Waals surface area contributed by atoms with Crippen LogP contribution in [0.5, 0.6) is 0 Å². The number of rotatable bonds is 9. The second kappa shape index (κ2) is 7.87. The summed E-state index contributed by atoms with van der Waals surface area (Å²) in [6.45, 7) is 2.13. The molecule has 1 fully saturated rings. The van der Waals surface area contributed by atoms with E-state index in [9.17, 15) is 0 Å². The first-order valence-corrected chi connectivity index (χ1v) is 7.93. The molecule has 0 bridgehead atoms. The Bertz CT molecular complexity index is 421. The van der Waals surface area contributed by atoms with E-state index in [1.807, 2.05) is 12.1 Å². The van der Waals surface area contributed by atoms with Crippen LogP contribution in [-0.2, 0) is 6.54 Å². The minimum absolute atomic E-state index is 0.289. The van der Waals surface area contributed by atoms with Crippen LogP contribution in [0.25, 0.3) is 0 Å². The van der Waals surface area contributed by atoms with Crippen LogP contribution in [0.15, 0.2) is 18.2 Å². The number of nitrogens with one attached hydrogen (secondary N) is 1. The van der Waals surface area contributed by atoms with Crippen molar-refractivity contribution < 1.29 is 5.11 Å². The lowest BCUT2D eigenvalue weighted by molar-refractivity contribution is 0.283. The topological polar surface area (TPSA) is 35.5 Å². The highest BCUT2D eigenvalue weighted by Gasteiger charge is 2.21. The molecule has 3 nitrogen and oxygen atoms in total. The zero-order valence-corrected chi connectivity index (χ0v) is 13.0. The summed E-state index contributed by atoms with van der Waals surface area (Å²) in [5.41, 5.74) is 2.42. The van der Waals surface area contributed by atoms with Crippen molar-refractivity contribution in [2.75, 3.05) is 25.1 Å². The fraction of sp³-hybridized carbons (Fsp3) is 0.625. The monoisotopic (exact) mass is 296 g/mol. The molecule has 1 aliphatic rings. The van der Waals surface area contributed by atoms with Gasteiger partial charge in [0.1, 0.15) is 0 Å². The summed E-state index contributed by atoms with van der Waals surface area (Å²) in [6.07, 6.45) is 5.63. The Morgan fingerprint density at radius 1 is 1.30 bits per heavy atom. The lowest BCUT2D eigenvalue weighted by atomic mass is 10.1. The van der Waals surface area contributed by atoms with Crippen LogP contribution >= 0.6 is 11.6 Å². The Morgan fingerprint density at radius 3 is 2.80 bits per heavy atom. The largest absolute Gasteiger partial charge is 0.396 e. The van der Waals surface area contributed by atoms with E-state index in [1.165, 1.54) is 24.1 Å². The molecular weight excluding hydrogens is 272 g/mol. The van der Waals surface area contributed by atoms with E-state index < -0.39 is 0 Å². The van der Waals surface area contributed by atoms with E-state index >= 15 is 0 Å². The normalized spacial score (nSPS) is 14.6. The number of unbranched alkanes of at least 4 members (excludes halogenated alkanes) is 2. The maximum atomic E-state index is 8.82. The summed E-state index contributed by atoms with van der Waals surface area (Å²) in [5, 5.41) is 13.2. The molecule has 112 valence electrons. The molecule has 2 rings (SSSR count). The van der Waals surface area contributed by atoms with Crippen LogP contribution in [0.4, 0.5) is 5.69 Å². The highest BCUT2D eigenvalue weighted by Crippen LogP contribution is 2.28. The zero-order chi connectivity index (χ0) is 14.4. The SMILES string of the molecule is CN(CCCCCO)c1cccc(Cl)c1CNC1CC1. The van der Waals surface area contributed by atoms with E-state index in [0.717, 1.165) is 37.4 Å². The maximum absolute atomic E-state index is 8.82. The summed E-state index contributed by atoms with van der Waals surface area (Å²) in [6, 6.07) is 6.81. The van der Waals surface area contributed by atoms with Gasteiger partial charge in [-0.3, -0.25) is 0 Å². The predicted octanol–water partition coefficient (Wildman–Crippen LogP) is 3.19. The third kappa shape index (κ3) is 4.65. The predicted molar refractivity (Wildman–Crippen MR) is 85.5 cm³/mol. The number of hydrogen-bond donors (Lipinski definition) is 2. The Balaban J connectivity index is 1.95. The fourth-order valence-electron chi connectivity index (χ4n) is 2.37. The minimum atomic E-state index is 0.289. The van der Waals surface area contributed by atoms with E-state index in [1.54, 1.807) is 0 Å². The average Bonchev–Trinajstić information content (AvgIpc) is 3.26. The Labute approximate surface area is 126 Å².